The van der Waals surface area contributed by atoms with E-state index in [4.69, 9.17) is 28.4 Å². The zero-order chi connectivity index (χ0) is 33.1. The van der Waals surface area contributed by atoms with E-state index in [2.05, 4.69) is 10.3 Å². The summed E-state index contributed by atoms with van der Waals surface area (Å²) < 4.78 is 33.3. The fraction of sp³-hybridized carbons (Fsp3) is 0.500. The zero-order valence-electron chi connectivity index (χ0n) is 26.3. The van der Waals surface area contributed by atoms with Crippen LogP contribution in [0.3, 0.4) is 0 Å². The maximum Gasteiger partial charge on any atom is 0.313 e. The Hall–Kier alpha value is -4.52. The van der Waals surface area contributed by atoms with Crippen LogP contribution < -0.4 is 14.8 Å². The number of nitrogens with zero attached hydrogens (tertiary/aromatic N) is 1. The van der Waals surface area contributed by atoms with E-state index >= 15 is 0 Å². The van der Waals surface area contributed by atoms with Crippen LogP contribution >= 0.6 is 0 Å². The van der Waals surface area contributed by atoms with Crippen molar-refractivity contribution in [2.45, 2.75) is 58.8 Å². The summed E-state index contributed by atoms with van der Waals surface area (Å²) in [5, 5.41) is 2.56. The number of carbonyl (C=O) groups excluding carboxylic acids is 5. The summed E-state index contributed by atoms with van der Waals surface area (Å²) in [5.74, 6) is -4.59. The minimum absolute atomic E-state index is 0.111. The molecular weight excluding hydrogens is 588 g/mol. The topological polar surface area (TPSA) is 166 Å². The molecule has 4 atom stereocenters. The van der Waals surface area contributed by atoms with Gasteiger partial charge in [-0.15, -0.1) is 0 Å². The highest BCUT2D eigenvalue weighted by molar-refractivity contribution is 5.98. The number of ether oxygens (including phenoxy) is 6. The van der Waals surface area contributed by atoms with Gasteiger partial charge in [0.05, 0.1) is 31.7 Å². The normalized spacial score (nSPS) is 21.9. The molecule has 45 heavy (non-hydrogen) atoms. The van der Waals surface area contributed by atoms with Crippen LogP contribution in [0.2, 0.25) is 0 Å². The molecule has 1 aliphatic heterocycles. The summed E-state index contributed by atoms with van der Waals surface area (Å²) in [7, 11) is 1.35. The van der Waals surface area contributed by atoms with Crippen LogP contribution in [0.25, 0.3) is 0 Å². The maximum atomic E-state index is 13.6. The standard InChI is InChI=1S/C32H40N2O11/c1-19(2)29(37)44-18-43-27-24(40-6)12-13-33-25(27)28(36)34-32(15-35)16-41-21(5)26(45-30(38)20(3)4)23(31(39)42-17-32)14-22-10-8-7-9-11-22/h7-13,15,19-21,23,26H,14,16-18H2,1-6H3,(H,34,36). The second-order valence-electron chi connectivity index (χ2n) is 11.3. The molecule has 0 radical (unpaired) electrons. The van der Waals surface area contributed by atoms with Crippen LogP contribution in [0.4, 0.5) is 0 Å². The smallest absolute Gasteiger partial charge is 0.313 e. The quantitative estimate of drug-likeness (QED) is 0.158. The number of pyridine rings is 1. The van der Waals surface area contributed by atoms with Gasteiger partial charge in [-0.2, -0.15) is 0 Å². The Bertz CT molecular complexity index is 1350. The lowest BCUT2D eigenvalue weighted by atomic mass is 9.91. The second kappa shape index (κ2) is 16.0. The van der Waals surface area contributed by atoms with Crippen LogP contribution in [-0.2, 0) is 44.5 Å². The number of aldehydes is 1. The lowest BCUT2D eigenvalue weighted by Crippen LogP contribution is -2.57. The molecule has 1 N–H and O–H groups in total. The molecule has 1 fully saturated rings. The monoisotopic (exact) mass is 628 g/mol. The fourth-order valence-corrected chi connectivity index (χ4v) is 4.36. The predicted molar refractivity (Wildman–Crippen MR) is 158 cm³/mol. The molecule has 0 bridgehead atoms. The Morgan fingerprint density at radius 1 is 1.07 bits per heavy atom. The first-order chi connectivity index (χ1) is 21.4. The fourth-order valence-electron chi connectivity index (χ4n) is 4.36. The Labute approximate surface area is 261 Å². The number of methoxy groups -OCH3 is 1. The van der Waals surface area contributed by atoms with Crippen LogP contribution in [0.5, 0.6) is 11.5 Å². The molecule has 1 aliphatic rings. The number of cyclic esters (lactones) is 1. The van der Waals surface area contributed by atoms with Gasteiger partial charge in [0.2, 0.25) is 6.79 Å². The number of hydrogen-bond acceptors (Lipinski definition) is 12. The van der Waals surface area contributed by atoms with Crippen LogP contribution in [0.1, 0.15) is 50.7 Å². The van der Waals surface area contributed by atoms with Crippen LogP contribution in [0.15, 0.2) is 42.6 Å². The third kappa shape index (κ3) is 9.24. The van der Waals surface area contributed by atoms with Gasteiger partial charge in [0, 0.05) is 12.3 Å². The minimum atomic E-state index is -1.86. The summed E-state index contributed by atoms with van der Waals surface area (Å²) >= 11 is 0. The maximum absolute atomic E-state index is 13.6. The number of carbonyl (C=O) groups is 5. The highest BCUT2D eigenvalue weighted by atomic mass is 16.7. The molecule has 0 spiro atoms. The highest BCUT2D eigenvalue weighted by Crippen LogP contribution is 2.31. The van der Waals surface area contributed by atoms with Gasteiger partial charge < -0.3 is 38.5 Å². The van der Waals surface area contributed by atoms with Crippen molar-refractivity contribution >= 4 is 30.1 Å². The molecule has 1 amide bonds. The largest absolute Gasteiger partial charge is 0.493 e. The van der Waals surface area contributed by atoms with Gasteiger partial charge in [-0.25, -0.2) is 4.98 Å². The first-order valence-corrected chi connectivity index (χ1v) is 14.5. The molecule has 3 rings (SSSR count). The number of esters is 3. The summed E-state index contributed by atoms with van der Waals surface area (Å²) in [5.41, 5.74) is -1.36. The van der Waals surface area contributed by atoms with E-state index in [1.54, 1.807) is 34.6 Å². The van der Waals surface area contributed by atoms with E-state index in [1.807, 2.05) is 30.3 Å². The molecule has 2 heterocycles. The molecule has 2 aromatic rings. The predicted octanol–water partition coefficient (Wildman–Crippen LogP) is 2.68. The second-order valence-corrected chi connectivity index (χ2v) is 11.3. The van der Waals surface area contributed by atoms with Crippen molar-refractivity contribution in [3.05, 3.63) is 53.9 Å². The summed E-state index contributed by atoms with van der Waals surface area (Å²) in [4.78, 5) is 68.3. The number of hydrogen-bond donors (Lipinski definition) is 1. The van der Waals surface area contributed by atoms with Gasteiger partial charge in [-0.3, -0.25) is 19.2 Å². The first-order valence-electron chi connectivity index (χ1n) is 14.5. The lowest BCUT2D eigenvalue weighted by molar-refractivity contribution is -0.171. The lowest BCUT2D eigenvalue weighted by Gasteiger charge is -2.31. The Morgan fingerprint density at radius 3 is 2.38 bits per heavy atom. The van der Waals surface area contributed by atoms with Crippen LogP contribution in [0, 0.1) is 17.8 Å². The Balaban J connectivity index is 1.90. The Morgan fingerprint density at radius 2 is 1.76 bits per heavy atom. The van der Waals surface area contributed by atoms with Crippen molar-refractivity contribution in [3.8, 4) is 11.5 Å². The average Bonchev–Trinajstić information content (AvgIpc) is 3.07. The van der Waals surface area contributed by atoms with Gasteiger partial charge in [0.15, 0.2) is 29.0 Å². The van der Waals surface area contributed by atoms with Gasteiger partial charge >= 0.3 is 17.9 Å². The SMILES string of the molecule is COc1ccnc(C(=O)NC2(C=O)COC(=O)C(Cc3ccccc3)C(OC(=O)C(C)C)C(C)OC2)c1OCOC(=O)C(C)C. The molecule has 1 saturated heterocycles. The molecule has 4 unspecified atom stereocenters. The molecule has 1 aromatic heterocycles. The van der Waals surface area contributed by atoms with Crippen molar-refractivity contribution in [3.63, 3.8) is 0 Å². The minimum Gasteiger partial charge on any atom is -0.493 e. The third-order valence-electron chi connectivity index (χ3n) is 7.03. The molecule has 0 aliphatic carbocycles. The van der Waals surface area contributed by atoms with E-state index in [0.29, 0.717) is 6.29 Å². The number of benzene rings is 1. The Kier molecular flexibility index (Phi) is 12.4. The molecule has 1 aromatic carbocycles. The molecule has 13 nitrogen and oxygen atoms in total. The van der Waals surface area contributed by atoms with Crippen molar-refractivity contribution < 1.29 is 52.4 Å². The average molecular weight is 629 g/mol. The van der Waals surface area contributed by atoms with E-state index in [0.717, 1.165) is 5.56 Å². The van der Waals surface area contributed by atoms with Gasteiger partial charge in [-0.1, -0.05) is 58.0 Å². The van der Waals surface area contributed by atoms with E-state index in [-0.39, 0.29) is 23.6 Å². The number of rotatable bonds is 12. The van der Waals surface area contributed by atoms with Gasteiger partial charge in [0.25, 0.3) is 5.91 Å². The molecule has 244 valence electrons. The van der Waals surface area contributed by atoms with E-state index in [9.17, 15) is 24.0 Å². The molecule has 13 heteroatoms. The zero-order valence-corrected chi connectivity index (χ0v) is 26.3. The van der Waals surface area contributed by atoms with Gasteiger partial charge in [0.1, 0.15) is 18.6 Å². The molecule has 0 saturated carbocycles. The van der Waals surface area contributed by atoms with Gasteiger partial charge in [-0.05, 0) is 18.9 Å². The highest BCUT2D eigenvalue weighted by Gasteiger charge is 2.44. The summed E-state index contributed by atoms with van der Waals surface area (Å²) in [6, 6.07) is 10.6. The number of amides is 1. The summed E-state index contributed by atoms with van der Waals surface area (Å²) in [6.07, 6.45) is -0.0764. The van der Waals surface area contributed by atoms with Crippen molar-refractivity contribution in [2.24, 2.45) is 17.8 Å². The van der Waals surface area contributed by atoms with E-state index in [1.165, 1.54) is 19.4 Å². The van der Waals surface area contributed by atoms with E-state index < -0.39 is 79.3 Å². The number of aromatic nitrogens is 1. The third-order valence-corrected chi connectivity index (χ3v) is 7.03. The first kappa shape index (κ1) is 35.0. The summed E-state index contributed by atoms with van der Waals surface area (Å²) in [6.45, 7) is 6.69. The van der Waals surface area contributed by atoms with Crippen molar-refractivity contribution in [2.75, 3.05) is 27.1 Å². The number of nitrogens with one attached hydrogen (secondary N) is 1. The van der Waals surface area contributed by atoms with Crippen molar-refractivity contribution in [1.29, 1.82) is 0 Å². The van der Waals surface area contributed by atoms with Crippen molar-refractivity contribution in [1.82, 2.24) is 10.3 Å². The molecular formula is C32H40N2O11. The van der Waals surface area contributed by atoms with Crippen LogP contribution in [-0.4, -0.2) is 79.9 Å².